The van der Waals surface area contributed by atoms with E-state index >= 15 is 0 Å². The number of aromatic nitrogens is 3. The number of hydrogen-bond donors (Lipinski definition) is 0. The molecule has 0 aliphatic heterocycles. The minimum atomic E-state index is 1.02. The lowest BCUT2D eigenvalue weighted by Gasteiger charge is -1.88. The Hall–Kier alpha value is -0.900. The van der Waals surface area contributed by atoms with E-state index < -0.39 is 0 Å². The van der Waals surface area contributed by atoms with Crippen molar-refractivity contribution >= 4 is 16.3 Å². The minimum Gasteiger partial charge on any atom is -0.222 e. The Morgan fingerprint density at radius 2 is 2.38 bits per heavy atom. The van der Waals surface area contributed by atoms with Crippen molar-refractivity contribution in [2.24, 2.45) is 0 Å². The largest absolute Gasteiger partial charge is 0.222 e. The molecule has 0 saturated carbocycles. The Labute approximate surface area is 80.4 Å². The highest BCUT2D eigenvalue weighted by Crippen LogP contribution is 2.25. The molecular weight excluding hydrogens is 182 g/mol. The molecule has 2 aromatic heterocycles. The first-order chi connectivity index (χ1) is 6.38. The second-order valence-corrected chi connectivity index (χ2v) is 4.44. The first-order valence-electron chi connectivity index (χ1n) is 4.74. The molecule has 1 aliphatic carbocycles. The molecule has 68 valence electrons. The van der Waals surface area contributed by atoms with E-state index in [1.807, 2.05) is 4.52 Å². The van der Waals surface area contributed by atoms with Gasteiger partial charge in [-0.25, -0.2) is 9.50 Å². The fourth-order valence-corrected chi connectivity index (χ4v) is 2.76. The van der Waals surface area contributed by atoms with Gasteiger partial charge in [0.25, 0.3) is 0 Å². The van der Waals surface area contributed by atoms with E-state index in [0.717, 1.165) is 24.2 Å². The van der Waals surface area contributed by atoms with Crippen LogP contribution in [0.2, 0.25) is 0 Å². The maximum atomic E-state index is 4.58. The van der Waals surface area contributed by atoms with E-state index in [1.165, 1.54) is 22.8 Å². The summed E-state index contributed by atoms with van der Waals surface area (Å²) in [4.78, 5) is 5.67. The summed E-state index contributed by atoms with van der Waals surface area (Å²) < 4.78 is 2.05. The van der Waals surface area contributed by atoms with Crippen LogP contribution in [-0.2, 0) is 19.3 Å². The summed E-state index contributed by atoms with van der Waals surface area (Å²) in [6.07, 6.45) is 4.57. The van der Waals surface area contributed by atoms with Crippen LogP contribution in [0.5, 0.6) is 0 Å². The average Bonchev–Trinajstić information content (AvgIpc) is 2.72. The molecule has 0 aromatic carbocycles. The molecule has 0 N–H and O–H groups in total. The van der Waals surface area contributed by atoms with Gasteiger partial charge in [-0.15, -0.1) is 0 Å². The first kappa shape index (κ1) is 7.50. The molecule has 2 aromatic rings. The molecule has 0 amide bonds. The molecule has 13 heavy (non-hydrogen) atoms. The van der Waals surface area contributed by atoms with Gasteiger partial charge in [0.05, 0.1) is 11.4 Å². The van der Waals surface area contributed by atoms with Crippen LogP contribution in [0.4, 0.5) is 0 Å². The summed E-state index contributed by atoms with van der Waals surface area (Å²) in [5, 5.41) is 5.73. The van der Waals surface area contributed by atoms with Gasteiger partial charge in [-0.2, -0.15) is 5.10 Å². The average molecular weight is 193 g/mol. The van der Waals surface area contributed by atoms with Crippen LogP contribution < -0.4 is 0 Å². The van der Waals surface area contributed by atoms with Crippen molar-refractivity contribution in [1.82, 2.24) is 14.6 Å². The van der Waals surface area contributed by atoms with Crippen LogP contribution in [0.15, 0.2) is 0 Å². The van der Waals surface area contributed by atoms with Crippen molar-refractivity contribution in [3.8, 4) is 0 Å². The zero-order valence-electron chi connectivity index (χ0n) is 7.58. The zero-order chi connectivity index (χ0) is 8.84. The molecular formula is C9H11N3S. The lowest BCUT2D eigenvalue weighted by molar-refractivity contribution is 0.819. The third-order valence-electron chi connectivity index (χ3n) is 2.55. The number of hydrogen-bond acceptors (Lipinski definition) is 3. The van der Waals surface area contributed by atoms with Crippen molar-refractivity contribution < 1.29 is 0 Å². The molecule has 3 rings (SSSR count). The molecule has 0 atom stereocenters. The Bertz CT molecular complexity index is 455. The summed E-state index contributed by atoms with van der Waals surface area (Å²) in [7, 11) is 0. The minimum absolute atomic E-state index is 1.02. The highest BCUT2D eigenvalue weighted by atomic mass is 32.1. The van der Waals surface area contributed by atoms with Crippen molar-refractivity contribution in [1.29, 1.82) is 0 Å². The Kier molecular flexibility index (Phi) is 1.47. The first-order valence-corrected chi connectivity index (χ1v) is 5.56. The van der Waals surface area contributed by atoms with Crippen molar-refractivity contribution in [3.05, 3.63) is 16.4 Å². The molecule has 1 aliphatic rings. The molecule has 0 bridgehead atoms. The fraction of sp³-hybridized carbons (Fsp3) is 0.556. The topological polar surface area (TPSA) is 30.2 Å². The van der Waals surface area contributed by atoms with Crippen LogP contribution >= 0.6 is 11.3 Å². The predicted molar refractivity (Wildman–Crippen MR) is 52.3 cm³/mol. The lowest BCUT2D eigenvalue weighted by Crippen LogP contribution is -1.91. The molecule has 0 radical (unpaired) electrons. The molecule has 2 heterocycles. The van der Waals surface area contributed by atoms with E-state index in [1.54, 1.807) is 11.3 Å². The van der Waals surface area contributed by atoms with Crippen molar-refractivity contribution in [3.63, 3.8) is 0 Å². The number of aryl methyl sites for hydroxylation is 3. The van der Waals surface area contributed by atoms with E-state index in [0.29, 0.717) is 0 Å². The summed E-state index contributed by atoms with van der Waals surface area (Å²) in [5.41, 5.74) is 2.63. The van der Waals surface area contributed by atoms with Gasteiger partial charge in [0.15, 0.2) is 0 Å². The van der Waals surface area contributed by atoms with Crippen LogP contribution in [0.3, 0.4) is 0 Å². The van der Waals surface area contributed by atoms with Gasteiger partial charge < -0.3 is 0 Å². The highest BCUT2D eigenvalue weighted by molar-refractivity contribution is 7.16. The second-order valence-electron chi connectivity index (χ2n) is 3.40. The molecule has 4 heteroatoms. The van der Waals surface area contributed by atoms with Crippen molar-refractivity contribution in [2.75, 3.05) is 0 Å². The smallest absolute Gasteiger partial charge is 0.212 e. The third kappa shape index (κ3) is 0.950. The van der Waals surface area contributed by atoms with Gasteiger partial charge >= 0.3 is 0 Å². The summed E-state index contributed by atoms with van der Waals surface area (Å²) >= 11 is 1.72. The highest BCUT2D eigenvalue weighted by Gasteiger charge is 2.19. The van der Waals surface area contributed by atoms with E-state index in [-0.39, 0.29) is 0 Å². The Morgan fingerprint density at radius 1 is 1.46 bits per heavy atom. The van der Waals surface area contributed by atoms with Crippen LogP contribution in [-0.4, -0.2) is 14.6 Å². The molecule has 0 unspecified atom stereocenters. The van der Waals surface area contributed by atoms with Crippen molar-refractivity contribution in [2.45, 2.75) is 32.6 Å². The zero-order valence-corrected chi connectivity index (χ0v) is 8.39. The quantitative estimate of drug-likeness (QED) is 0.691. The second kappa shape index (κ2) is 2.54. The number of fused-ring (bicyclic) bond motifs is 3. The van der Waals surface area contributed by atoms with Gasteiger partial charge in [0.1, 0.15) is 5.01 Å². The van der Waals surface area contributed by atoms with Gasteiger partial charge in [-0.3, -0.25) is 0 Å². The maximum absolute atomic E-state index is 4.58. The lowest BCUT2D eigenvalue weighted by atomic mass is 10.4. The Morgan fingerprint density at radius 3 is 3.23 bits per heavy atom. The molecule has 0 spiro atoms. The summed E-state index contributed by atoms with van der Waals surface area (Å²) in [5.74, 6) is 0. The Balaban J connectivity index is 2.27. The van der Waals surface area contributed by atoms with Gasteiger partial charge in [-0.05, 0) is 25.7 Å². The molecule has 0 saturated heterocycles. The van der Waals surface area contributed by atoms with E-state index in [4.69, 9.17) is 0 Å². The van der Waals surface area contributed by atoms with Crippen LogP contribution in [0.25, 0.3) is 4.96 Å². The predicted octanol–water partition coefficient (Wildman–Crippen LogP) is 1.84. The standard InChI is InChI=1S/C9H11N3S/c1-2-8-11-12-7-5-3-4-6(7)10-9(12)13-8/h2-5H2,1H3. The molecule has 0 fully saturated rings. The van der Waals surface area contributed by atoms with Gasteiger partial charge in [-0.1, -0.05) is 18.3 Å². The van der Waals surface area contributed by atoms with Gasteiger partial charge in [0, 0.05) is 0 Å². The normalized spacial score (nSPS) is 15.5. The number of nitrogens with zero attached hydrogens (tertiary/aromatic N) is 3. The SMILES string of the molecule is CCc1nn2c3c(nc2s1)CCC3. The van der Waals surface area contributed by atoms with Crippen LogP contribution in [0, 0.1) is 0 Å². The van der Waals surface area contributed by atoms with E-state index in [2.05, 4.69) is 17.0 Å². The van der Waals surface area contributed by atoms with E-state index in [9.17, 15) is 0 Å². The maximum Gasteiger partial charge on any atom is 0.212 e. The number of imidazole rings is 1. The summed E-state index contributed by atoms with van der Waals surface area (Å²) in [6, 6.07) is 0. The fourth-order valence-electron chi connectivity index (χ4n) is 1.89. The van der Waals surface area contributed by atoms with Gasteiger partial charge in [0.2, 0.25) is 4.96 Å². The summed E-state index contributed by atoms with van der Waals surface area (Å²) in [6.45, 7) is 2.14. The third-order valence-corrected chi connectivity index (χ3v) is 3.60. The van der Waals surface area contributed by atoms with Crippen LogP contribution in [0.1, 0.15) is 29.7 Å². The number of rotatable bonds is 1. The molecule has 3 nitrogen and oxygen atoms in total. The monoisotopic (exact) mass is 193 g/mol.